The third-order valence-corrected chi connectivity index (χ3v) is 1.65. The van der Waals surface area contributed by atoms with Crippen LogP contribution in [0.2, 0.25) is 0 Å². The topological polar surface area (TPSA) is 92.4 Å². The summed E-state index contributed by atoms with van der Waals surface area (Å²) in [6.07, 6.45) is 3.08. The summed E-state index contributed by atoms with van der Waals surface area (Å²) in [6, 6.07) is -0.359. The Morgan fingerprint density at radius 2 is 2.23 bits per heavy atom. The van der Waals surface area contributed by atoms with E-state index >= 15 is 0 Å². The molecule has 5 nitrogen and oxygen atoms in total. The number of carbonyl (C=O) groups is 2. The van der Waals surface area contributed by atoms with Crippen LogP contribution in [-0.2, 0) is 9.59 Å². The Bertz CT molecular complexity index is 161. The van der Waals surface area contributed by atoms with Crippen molar-refractivity contribution < 1.29 is 14.7 Å². The number of hydrogen-bond acceptors (Lipinski definition) is 4. The minimum Gasteiger partial charge on any atom is -0.480 e. The summed E-state index contributed by atoms with van der Waals surface area (Å²) in [5.41, 5.74) is 5.28. The summed E-state index contributed by atoms with van der Waals surface area (Å²) in [5.74, 6) is -0.953. The first kappa shape index (κ1) is 12.1. The van der Waals surface area contributed by atoms with Gasteiger partial charge < -0.3 is 15.6 Å². The minimum atomic E-state index is -0.953. The molecule has 13 heavy (non-hydrogen) atoms. The Morgan fingerprint density at radius 1 is 1.54 bits per heavy atom. The zero-order chi connectivity index (χ0) is 10.1. The second-order valence-electron chi connectivity index (χ2n) is 2.80. The Morgan fingerprint density at radius 3 is 2.69 bits per heavy atom. The monoisotopic (exact) mass is 188 g/mol. The molecule has 0 saturated heterocycles. The lowest BCUT2D eigenvalue weighted by molar-refractivity contribution is -0.136. The highest BCUT2D eigenvalue weighted by Crippen LogP contribution is 1.97. The lowest BCUT2D eigenvalue weighted by Gasteiger charge is -2.09. The van der Waals surface area contributed by atoms with Gasteiger partial charge in [-0.15, -0.1) is 0 Å². The van der Waals surface area contributed by atoms with Gasteiger partial charge in [-0.2, -0.15) is 0 Å². The molecule has 0 heterocycles. The molecule has 0 aliphatic rings. The number of rotatable bonds is 8. The molecular weight excluding hydrogens is 172 g/mol. The number of carboxylic acids is 1. The predicted molar refractivity (Wildman–Crippen MR) is 48.4 cm³/mol. The van der Waals surface area contributed by atoms with Gasteiger partial charge in [0.25, 0.3) is 0 Å². The van der Waals surface area contributed by atoms with Gasteiger partial charge in [-0.1, -0.05) is 6.42 Å². The third kappa shape index (κ3) is 7.42. The van der Waals surface area contributed by atoms with Crippen LogP contribution in [0.3, 0.4) is 0 Å². The molecule has 0 amide bonds. The number of carboxylic acid groups (broad SMARTS) is 1. The Kier molecular flexibility index (Phi) is 7.14. The number of hydrogen-bond donors (Lipinski definition) is 3. The van der Waals surface area contributed by atoms with Gasteiger partial charge in [-0.3, -0.25) is 10.1 Å². The van der Waals surface area contributed by atoms with E-state index in [-0.39, 0.29) is 12.6 Å². The molecule has 0 radical (unpaired) electrons. The lowest BCUT2D eigenvalue weighted by Crippen LogP contribution is -2.34. The van der Waals surface area contributed by atoms with Gasteiger partial charge in [0.1, 0.15) is 6.29 Å². The van der Waals surface area contributed by atoms with Crippen LogP contribution in [0.25, 0.3) is 0 Å². The molecule has 0 aromatic carbocycles. The SMILES string of the molecule is NCCCC[C@@H](C=O)NCC(=O)O. The van der Waals surface area contributed by atoms with Crippen LogP contribution in [0.5, 0.6) is 0 Å². The number of aliphatic carboxylic acids is 1. The van der Waals surface area contributed by atoms with Crippen LogP contribution in [0.15, 0.2) is 0 Å². The number of nitrogens with one attached hydrogen (secondary N) is 1. The molecule has 0 aromatic rings. The third-order valence-electron chi connectivity index (χ3n) is 1.65. The van der Waals surface area contributed by atoms with Crippen molar-refractivity contribution in [1.29, 1.82) is 0 Å². The standard InChI is InChI=1S/C8H16N2O3/c9-4-2-1-3-7(6-11)10-5-8(12)13/h6-7,10H,1-5,9H2,(H,12,13)/t7-/m0/s1. The van der Waals surface area contributed by atoms with Gasteiger partial charge in [0.2, 0.25) is 0 Å². The van der Waals surface area contributed by atoms with Crippen LogP contribution in [0.4, 0.5) is 0 Å². The molecule has 0 aliphatic carbocycles. The molecule has 1 atom stereocenters. The van der Waals surface area contributed by atoms with Crippen LogP contribution < -0.4 is 11.1 Å². The van der Waals surface area contributed by atoms with E-state index in [0.717, 1.165) is 19.1 Å². The second-order valence-corrected chi connectivity index (χ2v) is 2.80. The van der Waals surface area contributed by atoms with E-state index < -0.39 is 5.97 Å². The van der Waals surface area contributed by atoms with Crippen LogP contribution in [0, 0.1) is 0 Å². The summed E-state index contributed by atoms with van der Waals surface area (Å²) < 4.78 is 0. The Hall–Kier alpha value is -0.940. The van der Waals surface area contributed by atoms with Gasteiger partial charge in [0, 0.05) is 0 Å². The zero-order valence-electron chi connectivity index (χ0n) is 7.53. The molecule has 0 unspecified atom stereocenters. The fraction of sp³-hybridized carbons (Fsp3) is 0.750. The minimum absolute atomic E-state index is 0.175. The average molecular weight is 188 g/mol. The number of unbranched alkanes of at least 4 members (excludes halogenated alkanes) is 1. The summed E-state index contributed by atoms with van der Waals surface area (Å²) in [6.45, 7) is 0.427. The molecular formula is C8H16N2O3. The van der Waals surface area contributed by atoms with Crippen molar-refractivity contribution in [3.63, 3.8) is 0 Å². The van der Waals surface area contributed by atoms with Gasteiger partial charge in [0.15, 0.2) is 0 Å². The summed E-state index contributed by atoms with van der Waals surface area (Å²) in [4.78, 5) is 20.6. The molecule has 0 rings (SSSR count). The van der Waals surface area contributed by atoms with Crippen LogP contribution >= 0.6 is 0 Å². The van der Waals surface area contributed by atoms with E-state index in [4.69, 9.17) is 10.8 Å². The maximum atomic E-state index is 10.4. The predicted octanol–water partition coefficient (Wildman–Crippen LogP) is -0.643. The molecule has 0 fully saturated rings. The van der Waals surface area contributed by atoms with Crippen LogP contribution in [0.1, 0.15) is 19.3 Å². The fourth-order valence-corrected chi connectivity index (χ4v) is 0.945. The van der Waals surface area contributed by atoms with E-state index in [1.807, 2.05) is 0 Å². The summed E-state index contributed by atoms with van der Waals surface area (Å²) in [5, 5.41) is 11.0. The maximum Gasteiger partial charge on any atom is 0.317 e. The lowest BCUT2D eigenvalue weighted by atomic mass is 10.1. The van der Waals surface area contributed by atoms with E-state index in [1.54, 1.807) is 0 Å². The number of nitrogens with two attached hydrogens (primary N) is 1. The quantitative estimate of drug-likeness (QED) is 0.348. The fourth-order valence-electron chi connectivity index (χ4n) is 0.945. The van der Waals surface area contributed by atoms with Gasteiger partial charge in [-0.05, 0) is 19.4 Å². The molecule has 0 saturated carbocycles. The molecule has 0 aromatic heterocycles. The van der Waals surface area contributed by atoms with Gasteiger partial charge >= 0.3 is 5.97 Å². The second kappa shape index (κ2) is 7.70. The van der Waals surface area contributed by atoms with E-state index in [1.165, 1.54) is 0 Å². The van der Waals surface area contributed by atoms with Crippen molar-refractivity contribution in [1.82, 2.24) is 5.32 Å². The largest absolute Gasteiger partial charge is 0.480 e. The van der Waals surface area contributed by atoms with Gasteiger partial charge in [-0.25, -0.2) is 0 Å². The van der Waals surface area contributed by atoms with Crippen molar-refractivity contribution in [2.75, 3.05) is 13.1 Å². The zero-order valence-corrected chi connectivity index (χ0v) is 7.53. The molecule has 5 heteroatoms. The summed E-state index contributed by atoms with van der Waals surface area (Å²) in [7, 11) is 0. The Labute approximate surface area is 77.3 Å². The van der Waals surface area contributed by atoms with E-state index in [9.17, 15) is 9.59 Å². The first-order valence-electron chi connectivity index (χ1n) is 4.31. The van der Waals surface area contributed by atoms with Crippen molar-refractivity contribution in [2.45, 2.75) is 25.3 Å². The molecule has 4 N–H and O–H groups in total. The smallest absolute Gasteiger partial charge is 0.317 e. The highest BCUT2D eigenvalue weighted by molar-refractivity contribution is 5.70. The van der Waals surface area contributed by atoms with Gasteiger partial charge in [0.05, 0.1) is 12.6 Å². The molecule has 0 bridgehead atoms. The van der Waals surface area contributed by atoms with Crippen molar-refractivity contribution >= 4 is 12.3 Å². The van der Waals surface area contributed by atoms with Crippen molar-refractivity contribution in [3.8, 4) is 0 Å². The molecule has 76 valence electrons. The number of carbonyl (C=O) groups excluding carboxylic acids is 1. The molecule has 0 spiro atoms. The highest BCUT2D eigenvalue weighted by atomic mass is 16.4. The average Bonchev–Trinajstić information content (AvgIpc) is 2.10. The highest BCUT2D eigenvalue weighted by Gasteiger charge is 2.07. The van der Waals surface area contributed by atoms with Crippen LogP contribution in [-0.4, -0.2) is 36.5 Å². The Balaban J connectivity index is 3.51. The summed E-state index contributed by atoms with van der Waals surface area (Å²) >= 11 is 0. The first-order valence-corrected chi connectivity index (χ1v) is 4.31. The van der Waals surface area contributed by atoms with E-state index in [0.29, 0.717) is 13.0 Å². The maximum absolute atomic E-state index is 10.4. The van der Waals surface area contributed by atoms with E-state index in [2.05, 4.69) is 5.32 Å². The normalized spacial score (nSPS) is 12.4. The van der Waals surface area contributed by atoms with Crippen molar-refractivity contribution in [2.24, 2.45) is 5.73 Å². The first-order chi connectivity index (χ1) is 6.20. The van der Waals surface area contributed by atoms with Crippen molar-refractivity contribution in [3.05, 3.63) is 0 Å². The molecule has 0 aliphatic heterocycles. The number of aldehydes is 1.